The van der Waals surface area contributed by atoms with E-state index in [0.29, 0.717) is 28.3 Å². The highest BCUT2D eigenvalue weighted by Crippen LogP contribution is 2.32. The van der Waals surface area contributed by atoms with Crippen LogP contribution in [0.2, 0.25) is 10.0 Å². The molecule has 5 heteroatoms. The molecule has 1 fully saturated rings. The van der Waals surface area contributed by atoms with Gasteiger partial charge in [0.25, 0.3) is 0 Å². The van der Waals surface area contributed by atoms with Gasteiger partial charge in [-0.15, -0.1) is 0 Å². The first-order valence-electron chi connectivity index (χ1n) is 6.70. The lowest BCUT2D eigenvalue weighted by Gasteiger charge is -2.31. The second kappa shape index (κ2) is 7.34. The summed E-state index contributed by atoms with van der Waals surface area (Å²) in [5, 5.41) is 1.12. The van der Waals surface area contributed by atoms with Crippen LogP contribution in [0.25, 0.3) is 0 Å². The van der Waals surface area contributed by atoms with Crippen LogP contribution in [0.1, 0.15) is 12.8 Å². The molecule has 3 nitrogen and oxygen atoms in total. The maximum atomic E-state index is 6.06. The van der Waals surface area contributed by atoms with Gasteiger partial charge < -0.3 is 10.5 Å². The minimum Gasteiger partial charge on any atom is -0.489 e. The fourth-order valence-corrected chi connectivity index (χ4v) is 2.95. The van der Waals surface area contributed by atoms with E-state index in [4.69, 9.17) is 33.7 Å². The van der Waals surface area contributed by atoms with Crippen LogP contribution >= 0.6 is 23.2 Å². The second-order valence-electron chi connectivity index (χ2n) is 4.94. The first kappa shape index (κ1) is 14.9. The fraction of sp³-hybridized carbons (Fsp3) is 0.571. The van der Waals surface area contributed by atoms with Gasteiger partial charge in [-0.05, 0) is 44.0 Å². The van der Waals surface area contributed by atoms with Crippen LogP contribution in [-0.4, -0.2) is 37.7 Å². The van der Waals surface area contributed by atoms with Gasteiger partial charge in [0.15, 0.2) is 5.75 Å². The van der Waals surface area contributed by atoms with Crippen molar-refractivity contribution in [3.63, 3.8) is 0 Å². The number of nitrogens with zero attached hydrogens (tertiary/aromatic N) is 1. The molecule has 0 amide bonds. The minimum absolute atomic E-state index is 0.561. The van der Waals surface area contributed by atoms with E-state index in [0.717, 1.165) is 26.2 Å². The number of para-hydroxylation sites is 1. The van der Waals surface area contributed by atoms with Crippen LogP contribution in [0, 0.1) is 5.92 Å². The zero-order valence-electron chi connectivity index (χ0n) is 10.9. The molecule has 1 atom stereocenters. The summed E-state index contributed by atoms with van der Waals surface area (Å²) in [5.41, 5.74) is 5.73. The van der Waals surface area contributed by atoms with Crippen LogP contribution in [0.15, 0.2) is 18.2 Å². The number of halogens is 2. The van der Waals surface area contributed by atoms with Gasteiger partial charge in [0, 0.05) is 13.1 Å². The van der Waals surface area contributed by atoms with E-state index < -0.39 is 0 Å². The average molecular weight is 303 g/mol. The predicted molar refractivity (Wildman–Crippen MR) is 80.2 cm³/mol. The zero-order valence-corrected chi connectivity index (χ0v) is 12.5. The molecule has 0 aromatic heterocycles. The lowest BCUT2D eigenvalue weighted by molar-refractivity contribution is 0.150. The van der Waals surface area contributed by atoms with Crippen LogP contribution in [0.5, 0.6) is 5.75 Å². The van der Waals surface area contributed by atoms with E-state index in [-0.39, 0.29) is 0 Å². The highest BCUT2D eigenvalue weighted by Gasteiger charge is 2.18. The van der Waals surface area contributed by atoms with E-state index >= 15 is 0 Å². The van der Waals surface area contributed by atoms with Gasteiger partial charge in [0.05, 0.1) is 10.0 Å². The Labute approximate surface area is 124 Å². The topological polar surface area (TPSA) is 38.5 Å². The summed E-state index contributed by atoms with van der Waals surface area (Å²) in [6, 6.07) is 5.39. The summed E-state index contributed by atoms with van der Waals surface area (Å²) in [7, 11) is 0. The Morgan fingerprint density at radius 3 is 2.74 bits per heavy atom. The lowest BCUT2D eigenvalue weighted by atomic mass is 9.98. The molecule has 1 saturated heterocycles. The van der Waals surface area contributed by atoms with Crippen LogP contribution in [0.3, 0.4) is 0 Å². The minimum atomic E-state index is 0.561. The van der Waals surface area contributed by atoms with E-state index in [1.54, 1.807) is 12.1 Å². The normalized spacial score (nSPS) is 20.5. The number of nitrogens with two attached hydrogens (primary N) is 1. The van der Waals surface area contributed by atoms with Gasteiger partial charge in [0.2, 0.25) is 0 Å². The highest BCUT2D eigenvalue weighted by molar-refractivity contribution is 6.37. The molecular formula is C14H20Cl2N2O. The molecular weight excluding hydrogens is 283 g/mol. The van der Waals surface area contributed by atoms with E-state index in [9.17, 15) is 0 Å². The summed E-state index contributed by atoms with van der Waals surface area (Å²) in [4.78, 5) is 2.39. The molecule has 106 valence electrons. The number of piperidine rings is 1. The molecule has 1 aliphatic rings. The zero-order chi connectivity index (χ0) is 13.7. The number of benzene rings is 1. The summed E-state index contributed by atoms with van der Waals surface area (Å²) in [5.74, 6) is 1.20. The Bertz CT molecular complexity index is 394. The first-order chi connectivity index (χ1) is 9.20. The molecule has 1 aromatic rings. The molecule has 1 heterocycles. The Morgan fingerprint density at radius 1 is 1.32 bits per heavy atom. The van der Waals surface area contributed by atoms with Crippen LogP contribution < -0.4 is 10.5 Å². The Hall–Kier alpha value is -0.480. The van der Waals surface area contributed by atoms with Crippen molar-refractivity contribution in [3.8, 4) is 5.75 Å². The Kier molecular flexibility index (Phi) is 5.76. The van der Waals surface area contributed by atoms with E-state index in [1.165, 1.54) is 12.8 Å². The lowest BCUT2D eigenvalue weighted by Crippen LogP contribution is -2.40. The smallest absolute Gasteiger partial charge is 0.156 e. The van der Waals surface area contributed by atoms with E-state index in [2.05, 4.69) is 4.90 Å². The fourth-order valence-electron chi connectivity index (χ4n) is 2.44. The predicted octanol–water partition coefficient (Wildman–Crippen LogP) is 3.04. The van der Waals surface area contributed by atoms with Crippen molar-refractivity contribution in [3.05, 3.63) is 28.2 Å². The molecule has 0 spiro atoms. The third kappa shape index (κ3) is 4.25. The molecule has 0 saturated carbocycles. The molecule has 0 bridgehead atoms. The Balaban J connectivity index is 1.80. The summed E-state index contributed by atoms with van der Waals surface area (Å²) in [6.07, 6.45) is 2.46. The number of ether oxygens (including phenoxy) is 1. The SMILES string of the molecule is NCC1CCCN(CCOc2c(Cl)cccc2Cl)C1. The standard InChI is InChI=1S/C14H20Cl2N2O/c15-12-4-1-5-13(16)14(12)19-8-7-18-6-2-3-11(9-17)10-18/h1,4-5,11H,2-3,6-10,17H2. The van der Waals surface area contributed by atoms with Gasteiger partial charge >= 0.3 is 0 Å². The van der Waals surface area contributed by atoms with Crippen molar-refractivity contribution in [2.75, 3.05) is 32.8 Å². The molecule has 0 radical (unpaired) electrons. The highest BCUT2D eigenvalue weighted by atomic mass is 35.5. The van der Waals surface area contributed by atoms with Crippen molar-refractivity contribution in [1.82, 2.24) is 4.90 Å². The molecule has 1 aromatic carbocycles. The number of rotatable bonds is 5. The van der Waals surface area contributed by atoms with Crippen molar-refractivity contribution in [2.45, 2.75) is 12.8 Å². The summed E-state index contributed by atoms with van der Waals surface area (Å²) < 4.78 is 5.70. The van der Waals surface area contributed by atoms with Crippen molar-refractivity contribution in [2.24, 2.45) is 11.7 Å². The largest absolute Gasteiger partial charge is 0.489 e. The molecule has 2 rings (SSSR count). The first-order valence-corrected chi connectivity index (χ1v) is 7.45. The molecule has 1 aliphatic heterocycles. The monoisotopic (exact) mass is 302 g/mol. The third-order valence-corrected chi connectivity index (χ3v) is 4.10. The average Bonchev–Trinajstić information content (AvgIpc) is 2.42. The van der Waals surface area contributed by atoms with Crippen molar-refractivity contribution >= 4 is 23.2 Å². The maximum absolute atomic E-state index is 6.06. The van der Waals surface area contributed by atoms with E-state index in [1.807, 2.05) is 6.07 Å². The van der Waals surface area contributed by atoms with Gasteiger partial charge in [-0.1, -0.05) is 29.3 Å². The number of likely N-dealkylation sites (tertiary alicyclic amines) is 1. The maximum Gasteiger partial charge on any atom is 0.156 e. The van der Waals surface area contributed by atoms with Gasteiger partial charge in [-0.2, -0.15) is 0 Å². The summed E-state index contributed by atoms with van der Waals surface area (Å²) in [6.45, 7) is 4.44. The Morgan fingerprint density at radius 2 is 2.05 bits per heavy atom. The van der Waals surface area contributed by atoms with Crippen molar-refractivity contribution < 1.29 is 4.74 Å². The second-order valence-corrected chi connectivity index (χ2v) is 5.76. The van der Waals surface area contributed by atoms with Crippen molar-refractivity contribution in [1.29, 1.82) is 0 Å². The molecule has 1 unspecified atom stereocenters. The molecule has 2 N–H and O–H groups in total. The number of hydrogen-bond acceptors (Lipinski definition) is 3. The van der Waals surface area contributed by atoms with Crippen LogP contribution in [-0.2, 0) is 0 Å². The third-order valence-electron chi connectivity index (χ3n) is 3.51. The summed E-state index contributed by atoms with van der Waals surface area (Å²) >= 11 is 12.1. The quantitative estimate of drug-likeness (QED) is 0.908. The van der Waals surface area contributed by atoms with Gasteiger partial charge in [-0.3, -0.25) is 4.90 Å². The van der Waals surface area contributed by atoms with Crippen LogP contribution in [0.4, 0.5) is 0 Å². The van der Waals surface area contributed by atoms with Gasteiger partial charge in [0.1, 0.15) is 6.61 Å². The van der Waals surface area contributed by atoms with Gasteiger partial charge in [-0.25, -0.2) is 0 Å². The number of hydrogen-bond donors (Lipinski definition) is 1. The molecule has 0 aliphatic carbocycles. The molecule has 19 heavy (non-hydrogen) atoms.